The van der Waals surface area contributed by atoms with Crippen molar-refractivity contribution in [1.82, 2.24) is 4.98 Å². The standard InChI is InChI=1S/C17H17F3N2O2S/c18-17(19,20)13-3-1-2-12(9-13)8-11-4-6-22(7-5-11)16-21-10-14(25-16)15(23)24/h1-3,9-11H,4-8H2,(H,23,24). The lowest BCUT2D eigenvalue weighted by atomic mass is 9.90. The van der Waals surface area contributed by atoms with E-state index >= 15 is 0 Å². The monoisotopic (exact) mass is 370 g/mol. The Hall–Kier alpha value is -2.09. The predicted octanol–water partition coefficient (Wildman–Crippen LogP) is 4.32. The minimum absolute atomic E-state index is 0.209. The zero-order valence-corrected chi connectivity index (χ0v) is 14.1. The number of alkyl halides is 3. The van der Waals surface area contributed by atoms with E-state index in [-0.39, 0.29) is 4.88 Å². The Bertz CT molecular complexity index is 752. The van der Waals surface area contributed by atoms with Crippen LogP contribution in [-0.4, -0.2) is 29.1 Å². The number of hydrogen-bond donors (Lipinski definition) is 1. The summed E-state index contributed by atoms with van der Waals surface area (Å²) < 4.78 is 38.4. The third-order valence-corrected chi connectivity index (χ3v) is 5.41. The Morgan fingerprint density at radius 2 is 2.04 bits per heavy atom. The van der Waals surface area contributed by atoms with Crippen molar-refractivity contribution in [2.45, 2.75) is 25.4 Å². The molecular weight excluding hydrogens is 353 g/mol. The summed E-state index contributed by atoms with van der Waals surface area (Å²) in [6, 6.07) is 5.51. The average Bonchev–Trinajstić information content (AvgIpc) is 3.05. The number of nitrogens with zero attached hydrogens (tertiary/aromatic N) is 2. The molecule has 1 aliphatic heterocycles. The molecule has 1 fully saturated rings. The van der Waals surface area contributed by atoms with E-state index in [1.54, 1.807) is 6.07 Å². The maximum atomic E-state index is 12.8. The van der Waals surface area contributed by atoms with Gasteiger partial charge in [-0.2, -0.15) is 13.2 Å². The minimum atomic E-state index is -4.31. The highest BCUT2D eigenvalue weighted by Crippen LogP contribution is 2.32. The number of halogens is 3. The number of piperidine rings is 1. The lowest BCUT2D eigenvalue weighted by Crippen LogP contribution is -2.34. The Balaban J connectivity index is 1.58. The molecule has 0 spiro atoms. The lowest BCUT2D eigenvalue weighted by Gasteiger charge is -2.31. The zero-order chi connectivity index (χ0) is 18.0. The molecule has 1 aliphatic rings. The van der Waals surface area contributed by atoms with Crippen LogP contribution >= 0.6 is 11.3 Å². The largest absolute Gasteiger partial charge is 0.477 e. The fourth-order valence-electron chi connectivity index (χ4n) is 3.05. The molecule has 1 aromatic heterocycles. The second kappa shape index (κ2) is 7.03. The molecule has 1 aromatic carbocycles. The van der Waals surface area contributed by atoms with Crippen LogP contribution in [0.15, 0.2) is 30.5 Å². The van der Waals surface area contributed by atoms with Crippen LogP contribution in [0.4, 0.5) is 18.3 Å². The first kappa shape index (κ1) is 17.7. The number of benzene rings is 1. The van der Waals surface area contributed by atoms with Gasteiger partial charge in [0.2, 0.25) is 0 Å². The van der Waals surface area contributed by atoms with Crippen molar-refractivity contribution in [3.63, 3.8) is 0 Å². The van der Waals surface area contributed by atoms with E-state index < -0.39 is 17.7 Å². The van der Waals surface area contributed by atoms with Gasteiger partial charge in [-0.05, 0) is 36.8 Å². The van der Waals surface area contributed by atoms with Gasteiger partial charge in [-0.15, -0.1) is 0 Å². The Kier molecular flexibility index (Phi) is 4.99. The number of hydrogen-bond acceptors (Lipinski definition) is 4. The van der Waals surface area contributed by atoms with Gasteiger partial charge in [0.05, 0.1) is 11.8 Å². The molecule has 3 rings (SSSR count). The molecule has 4 nitrogen and oxygen atoms in total. The Morgan fingerprint density at radius 1 is 1.32 bits per heavy atom. The third kappa shape index (κ3) is 4.31. The van der Waals surface area contributed by atoms with Crippen molar-refractivity contribution in [2.24, 2.45) is 5.92 Å². The summed E-state index contributed by atoms with van der Waals surface area (Å²) in [4.78, 5) is 17.3. The first-order chi connectivity index (χ1) is 11.8. The lowest BCUT2D eigenvalue weighted by molar-refractivity contribution is -0.137. The topological polar surface area (TPSA) is 53.4 Å². The summed E-state index contributed by atoms with van der Waals surface area (Å²) in [7, 11) is 0. The zero-order valence-electron chi connectivity index (χ0n) is 13.3. The van der Waals surface area contributed by atoms with E-state index in [0.29, 0.717) is 23.0 Å². The molecule has 2 heterocycles. The van der Waals surface area contributed by atoms with Crippen LogP contribution in [0.5, 0.6) is 0 Å². The van der Waals surface area contributed by atoms with Crippen LogP contribution in [0.1, 0.15) is 33.6 Å². The second-order valence-corrected chi connectivity index (χ2v) is 7.15. The summed E-state index contributed by atoms with van der Waals surface area (Å²) in [6.45, 7) is 1.46. The fourth-order valence-corrected chi connectivity index (χ4v) is 3.85. The van der Waals surface area contributed by atoms with E-state index in [2.05, 4.69) is 4.98 Å². The number of carboxylic acids is 1. The van der Waals surface area contributed by atoms with E-state index in [4.69, 9.17) is 5.11 Å². The second-order valence-electron chi connectivity index (χ2n) is 6.14. The molecule has 134 valence electrons. The van der Waals surface area contributed by atoms with Gasteiger partial charge in [-0.1, -0.05) is 29.5 Å². The molecule has 0 atom stereocenters. The number of carboxylic acid groups (broad SMARTS) is 1. The maximum Gasteiger partial charge on any atom is 0.416 e. The van der Waals surface area contributed by atoms with Gasteiger partial charge in [0.15, 0.2) is 5.13 Å². The number of rotatable bonds is 4. The normalized spacial score (nSPS) is 16.2. The summed E-state index contributed by atoms with van der Waals surface area (Å²) in [5, 5.41) is 9.64. The predicted molar refractivity (Wildman–Crippen MR) is 89.2 cm³/mol. The number of anilines is 1. The van der Waals surface area contributed by atoms with E-state index in [1.807, 2.05) is 4.90 Å². The SMILES string of the molecule is O=C(O)c1cnc(N2CCC(Cc3cccc(C(F)(F)F)c3)CC2)s1. The summed E-state index contributed by atoms with van der Waals surface area (Å²) in [5.74, 6) is -0.665. The molecule has 0 radical (unpaired) electrons. The fraction of sp³-hybridized carbons (Fsp3) is 0.412. The van der Waals surface area contributed by atoms with Gasteiger partial charge in [-0.3, -0.25) is 0 Å². The Labute approximate surface area is 146 Å². The van der Waals surface area contributed by atoms with Crippen LogP contribution in [0.2, 0.25) is 0 Å². The van der Waals surface area contributed by atoms with Crippen LogP contribution < -0.4 is 4.90 Å². The minimum Gasteiger partial charge on any atom is -0.477 e. The molecule has 1 N–H and O–H groups in total. The van der Waals surface area contributed by atoms with Crippen molar-refractivity contribution in [1.29, 1.82) is 0 Å². The molecule has 2 aromatic rings. The first-order valence-corrected chi connectivity index (χ1v) is 8.75. The van der Waals surface area contributed by atoms with Crippen molar-refractivity contribution in [2.75, 3.05) is 18.0 Å². The molecule has 0 bridgehead atoms. The number of thiazole rings is 1. The van der Waals surface area contributed by atoms with Gasteiger partial charge in [0.1, 0.15) is 4.88 Å². The van der Waals surface area contributed by atoms with Gasteiger partial charge in [-0.25, -0.2) is 9.78 Å². The molecule has 0 saturated carbocycles. The smallest absolute Gasteiger partial charge is 0.416 e. The van der Waals surface area contributed by atoms with E-state index in [1.165, 1.54) is 18.3 Å². The number of aromatic carboxylic acids is 1. The summed E-state index contributed by atoms with van der Waals surface area (Å²) in [5.41, 5.74) is 0.0992. The van der Waals surface area contributed by atoms with Gasteiger partial charge < -0.3 is 10.0 Å². The summed E-state index contributed by atoms with van der Waals surface area (Å²) in [6.07, 6.45) is -0.643. The molecule has 0 amide bonds. The highest BCUT2D eigenvalue weighted by molar-refractivity contribution is 7.17. The van der Waals surface area contributed by atoms with Crippen molar-refractivity contribution in [3.05, 3.63) is 46.5 Å². The maximum absolute atomic E-state index is 12.8. The van der Waals surface area contributed by atoms with Crippen LogP contribution in [0.3, 0.4) is 0 Å². The van der Waals surface area contributed by atoms with Crippen LogP contribution in [0.25, 0.3) is 0 Å². The van der Waals surface area contributed by atoms with E-state index in [9.17, 15) is 18.0 Å². The van der Waals surface area contributed by atoms with Gasteiger partial charge in [0, 0.05) is 13.1 Å². The first-order valence-electron chi connectivity index (χ1n) is 7.93. The number of aromatic nitrogens is 1. The van der Waals surface area contributed by atoms with Crippen molar-refractivity contribution in [3.8, 4) is 0 Å². The molecular formula is C17H17F3N2O2S. The van der Waals surface area contributed by atoms with Crippen molar-refractivity contribution < 1.29 is 23.1 Å². The quantitative estimate of drug-likeness (QED) is 0.871. The molecule has 0 aliphatic carbocycles. The van der Waals surface area contributed by atoms with Gasteiger partial charge in [0.25, 0.3) is 0 Å². The van der Waals surface area contributed by atoms with Gasteiger partial charge >= 0.3 is 12.1 Å². The average molecular weight is 370 g/mol. The molecule has 0 unspecified atom stereocenters. The molecule has 1 saturated heterocycles. The molecule has 8 heteroatoms. The Morgan fingerprint density at radius 3 is 2.64 bits per heavy atom. The highest BCUT2D eigenvalue weighted by Gasteiger charge is 2.30. The van der Waals surface area contributed by atoms with Crippen LogP contribution in [0, 0.1) is 5.92 Å². The third-order valence-electron chi connectivity index (χ3n) is 4.37. The van der Waals surface area contributed by atoms with Crippen molar-refractivity contribution >= 4 is 22.4 Å². The highest BCUT2D eigenvalue weighted by atomic mass is 32.1. The molecule has 25 heavy (non-hydrogen) atoms. The van der Waals surface area contributed by atoms with E-state index in [0.717, 1.165) is 43.3 Å². The number of carbonyl (C=O) groups is 1. The van der Waals surface area contributed by atoms with Crippen LogP contribution in [-0.2, 0) is 12.6 Å². The summed E-state index contributed by atoms with van der Waals surface area (Å²) >= 11 is 1.15.